The number of rotatable bonds is 5. The molecule has 1 saturated carbocycles. The number of nitrogens with zero attached hydrogens (tertiary/aromatic N) is 4. The first-order valence-corrected chi connectivity index (χ1v) is 16.2. The maximum absolute atomic E-state index is 13.4. The van der Waals surface area contributed by atoms with Crippen LogP contribution < -0.4 is 5.43 Å². The zero-order chi connectivity index (χ0) is 25.4. The van der Waals surface area contributed by atoms with Crippen molar-refractivity contribution in [3.8, 4) is 0 Å². The van der Waals surface area contributed by atoms with Crippen molar-refractivity contribution in [2.24, 2.45) is 23.7 Å². The van der Waals surface area contributed by atoms with Crippen molar-refractivity contribution in [1.82, 2.24) is 24.5 Å². The predicted molar refractivity (Wildman–Crippen MR) is 143 cm³/mol. The smallest absolute Gasteiger partial charge is 0.228 e. The molecule has 36 heavy (non-hydrogen) atoms. The van der Waals surface area contributed by atoms with E-state index in [1.54, 1.807) is 0 Å². The summed E-state index contributed by atoms with van der Waals surface area (Å²) in [6.45, 7) is 7.25. The van der Waals surface area contributed by atoms with E-state index in [-0.39, 0.29) is 11.2 Å². The maximum Gasteiger partial charge on any atom is 0.228 e. The zero-order valence-corrected chi connectivity index (χ0v) is 23.6. The Morgan fingerprint density at radius 2 is 1.47 bits per heavy atom. The molecule has 206 valence electrons. The molecule has 3 unspecified atom stereocenters. The molecule has 8 nitrogen and oxygen atoms in total. The van der Waals surface area contributed by atoms with Crippen LogP contribution in [0.4, 0.5) is 0 Å². The van der Waals surface area contributed by atoms with Gasteiger partial charge in [0, 0.05) is 51.4 Å². The molecule has 0 aromatic rings. The van der Waals surface area contributed by atoms with Gasteiger partial charge >= 0.3 is 0 Å². The summed E-state index contributed by atoms with van der Waals surface area (Å²) >= 11 is 0. The minimum absolute atomic E-state index is 0.0685. The fraction of sp³-hybridized carbons (Fsp3) is 0.963. The van der Waals surface area contributed by atoms with Gasteiger partial charge in [-0.15, -0.1) is 0 Å². The van der Waals surface area contributed by atoms with E-state index in [4.69, 9.17) is 0 Å². The van der Waals surface area contributed by atoms with Gasteiger partial charge in [-0.3, -0.25) is 10.2 Å². The molecule has 0 spiro atoms. The number of hydrogen-bond donors (Lipinski definition) is 1. The molecule has 9 heteroatoms. The monoisotopic (exact) mass is 523 g/mol. The van der Waals surface area contributed by atoms with Crippen LogP contribution in [0.5, 0.6) is 0 Å². The van der Waals surface area contributed by atoms with E-state index in [1.807, 2.05) is 4.31 Å². The summed E-state index contributed by atoms with van der Waals surface area (Å²) in [5.41, 5.74) is 3.53. The lowest BCUT2D eigenvalue weighted by Crippen LogP contribution is -2.51. The number of piperidine rings is 3. The quantitative estimate of drug-likeness (QED) is 0.596. The minimum Gasteiger partial charge on any atom is -0.342 e. The number of likely N-dealkylation sites (tertiary alicyclic amines) is 1. The zero-order valence-electron chi connectivity index (χ0n) is 22.8. The Bertz CT molecular complexity index is 859. The highest BCUT2D eigenvalue weighted by molar-refractivity contribution is 7.89. The SMILES string of the molecule is CC1CCN(C(=O)C2CNN3CCC(C4CCN(S(=O)(=O)C5CCC(N(C)C)CC5)CC4)CC23)CC1. The molecule has 3 atom stereocenters. The number of amides is 1. The van der Waals surface area contributed by atoms with Gasteiger partial charge in [-0.25, -0.2) is 17.7 Å². The van der Waals surface area contributed by atoms with Gasteiger partial charge in [0.05, 0.1) is 11.2 Å². The average molecular weight is 524 g/mol. The maximum atomic E-state index is 13.4. The number of hydrazine groups is 1. The van der Waals surface area contributed by atoms with Crippen LogP contribution in [0.3, 0.4) is 0 Å². The second-order valence-corrected chi connectivity index (χ2v) is 14.9. The minimum atomic E-state index is -3.19. The van der Waals surface area contributed by atoms with Crippen LogP contribution in [0.1, 0.15) is 71.1 Å². The summed E-state index contributed by atoms with van der Waals surface area (Å²) in [5.74, 6) is 2.33. The van der Waals surface area contributed by atoms with E-state index in [9.17, 15) is 13.2 Å². The second-order valence-electron chi connectivity index (χ2n) is 12.7. The van der Waals surface area contributed by atoms with E-state index in [0.29, 0.717) is 42.9 Å². The normalized spacial score (nSPS) is 36.3. The molecular formula is C27H49N5O3S. The first-order valence-electron chi connectivity index (χ1n) is 14.7. The Labute approximate surface area is 219 Å². The van der Waals surface area contributed by atoms with E-state index < -0.39 is 10.0 Å². The third kappa shape index (κ3) is 5.51. The Kier molecular flexibility index (Phi) is 8.33. The topological polar surface area (TPSA) is 76.2 Å². The molecule has 1 amide bonds. The molecule has 0 aromatic carbocycles. The number of hydrogen-bond acceptors (Lipinski definition) is 6. The van der Waals surface area contributed by atoms with Gasteiger partial charge in [-0.05, 0) is 96.1 Å². The first-order chi connectivity index (χ1) is 17.2. The van der Waals surface area contributed by atoms with Gasteiger partial charge < -0.3 is 9.80 Å². The highest BCUT2D eigenvalue weighted by Crippen LogP contribution is 2.40. The van der Waals surface area contributed by atoms with Crippen LogP contribution in [0.25, 0.3) is 0 Å². The Balaban J connectivity index is 1.13. The number of fused-ring (bicyclic) bond motifs is 1. The number of sulfonamides is 1. The standard InChI is InChI=1S/C27H49N5O3S/c1-20-8-13-30(14-9-20)27(33)25-19-28-32-17-12-22(18-26(25)32)21-10-15-31(16-11-21)36(34,35)24-6-4-23(5-7-24)29(2)3/h20-26,28H,4-19H2,1-3H3. The van der Waals surface area contributed by atoms with E-state index in [0.717, 1.165) is 96.3 Å². The van der Waals surface area contributed by atoms with E-state index >= 15 is 0 Å². The molecule has 4 saturated heterocycles. The third-order valence-corrected chi connectivity index (χ3v) is 12.8. The van der Waals surface area contributed by atoms with Crippen molar-refractivity contribution in [3.63, 3.8) is 0 Å². The van der Waals surface area contributed by atoms with Gasteiger partial charge in [0.1, 0.15) is 0 Å². The predicted octanol–water partition coefficient (Wildman–Crippen LogP) is 2.37. The molecule has 1 N–H and O–H groups in total. The molecule has 5 rings (SSSR count). The molecule has 0 bridgehead atoms. The van der Waals surface area contributed by atoms with Gasteiger partial charge in [0.2, 0.25) is 15.9 Å². The number of nitrogens with one attached hydrogen (secondary N) is 1. The lowest BCUT2D eigenvalue weighted by atomic mass is 9.75. The molecule has 5 fully saturated rings. The van der Waals surface area contributed by atoms with Crippen LogP contribution in [0, 0.1) is 23.7 Å². The number of carbonyl (C=O) groups is 1. The Morgan fingerprint density at radius 3 is 2.11 bits per heavy atom. The van der Waals surface area contributed by atoms with Crippen molar-refractivity contribution in [2.45, 2.75) is 88.5 Å². The van der Waals surface area contributed by atoms with Crippen molar-refractivity contribution in [1.29, 1.82) is 0 Å². The van der Waals surface area contributed by atoms with Gasteiger partial charge in [-0.1, -0.05) is 6.92 Å². The fourth-order valence-corrected chi connectivity index (χ4v) is 9.78. The van der Waals surface area contributed by atoms with Crippen molar-refractivity contribution in [2.75, 3.05) is 53.4 Å². The highest BCUT2D eigenvalue weighted by atomic mass is 32.2. The first kappa shape index (κ1) is 26.9. The van der Waals surface area contributed by atoms with Gasteiger partial charge in [0.15, 0.2) is 0 Å². The Hall–Kier alpha value is -0.740. The van der Waals surface area contributed by atoms with E-state index in [2.05, 4.69) is 41.3 Å². The van der Waals surface area contributed by atoms with Crippen molar-refractivity contribution >= 4 is 15.9 Å². The molecule has 5 aliphatic rings. The summed E-state index contributed by atoms with van der Waals surface area (Å²) < 4.78 is 28.6. The van der Waals surface area contributed by atoms with Gasteiger partial charge in [-0.2, -0.15) is 0 Å². The van der Waals surface area contributed by atoms with E-state index in [1.165, 1.54) is 0 Å². The van der Waals surface area contributed by atoms with Crippen molar-refractivity contribution < 1.29 is 13.2 Å². The average Bonchev–Trinajstić information content (AvgIpc) is 3.32. The summed E-state index contributed by atoms with van der Waals surface area (Å²) in [7, 11) is 1.01. The van der Waals surface area contributed by atoms with Crippen LogP contribution in [0.2, 0.25) is 0 Å². The fourth-order valence-electron chi connectivity index (χ4n) is 7.77. The van der Waals surface area contributed by atoms with Crippen LogP contribution >= 0.6 is 0 Å². The lowest BCUT2D eigenvalue weighted by molar-refractivity contribution is -0.137. The van der Waals surface area contributed by atoms with Crippen LogP contribution in [-0.4, -0.2) is 104 Å². The largest absolute Gasteiger partial charge is 0.342 e. The molecule has 4 aliphatic heterocycles. The summed E-state index contributed by atoms with van der Waals surface area (Å²) in [6.07, 6.45) is 9.97. The molecule has 4 heterocycles. The van der Waals surface area contributed by atoms with Crippen LogP contribution in [-0.2, 0) is 14.8 Å². The summed E-state index contributed by atoms with van der Waals surface area (Å²) in [4.78, 5) is 17.7. The lowest BCUT2D eigenvalue weighted by Gasteiger charge is -2.43. The van der Waals surface area contributed by atoms with Gasteiger partial charge in [0.25, 0.3) is 0 Å². The summed E-state index contributed by atoms with van der Waals surface area (Å²) in [6, 6.07) is 0.816. The molecule has 0 radical (unpaired) electrons. The summed E-state index contributed by atoms with van der Waals surface area (Å²) in [5, 5.41) is 2.15. The van der Waals surface area contributed by atoms with Crippen LogP contribution in [0.15, 0.2) is 0 Å². The Morgan fingerprint density at radius 1 is 0.833 bits per heavy atom. The number of carbonyl (C=O) groups excluding carboxylic acids is 1. The van der Waals surface area contributed by atoms with Crippen molar-refractivity contribution in [3.05, 3.63) is 0 Å². The second kappa shape index (κ2) is 11.2. The molecule has 0 aromatic heterocycles. The molecular weight excluding hydrogens is 474 g/mol. The molecule has 1 aliphatic carbocycles. The highest BCUT2D eigenvalue weighted by Gasteiger charge is 2.46. The third-order valence-electron chi connectivity index (χ3n) is 10.4.